The highest BCUT2D eigenvalue weighted by Gasteiger charge is 2.24. The summed E-state index contributed by atoms with van der Waals surface area (Å²) in [7, 11) is 0. The summed E-state index contributed by atoms with van der Waals surface area (Å²) in [5, 5.41) is 7.75. The second-order valence-electron chi connectivity index (χ2n) is 6.84. The molecule has 0 saturated carbocycles. The van der Waals surface area contributed by atoms with Crippen LogP contribution in [0.4, 0.5) is 0 Å². The monoisotopic (exact) mass is 365 g/mol. The van der Waals surface area contributed by atoms with E-state index in [9.17, 15) is 4.79 Å². The Bertz CT molecular complexity index is 922. The predicted octanol–water partition coefficient (Wildman–Crippen LogP) is 2.82. The van der Waals surface area contributed by atoms with Gasteiger partial charge in [0.2, 0.25) is 0 Å². The summed E-state index contributed by atoms with van der Waals surface area (Å²) < 4.78 is 7.62. The van der Waals surface area contributed by atoms with Crippen LogP contribution < -0.4 is 0 Å². The Morgan fingerprint density at radius 3 is 2.93 bits per heavy atom. The van der Waals surface area contributed by atoms with Gasteiger partial charge in [0.25, 0.3) is 11.7 Å². The molecule has 0 bridgehead atoms. The van der Waals surface area contributed by atoms with Crippen molar-refractivity contribution in [2.75, 3.05) is 19.7 Å². The Morgan fingerprint density at radius 1 is 1.26 bits per heavy atom. The molecule has 3 heterocycles. The predicted molar refractivity (Wildman–Crippen MR) is 101 cm³/mol. The number of hydrogen-bond donors (Lipinski definition) is 0. The molecule has 1 fully saturated rings. The van der Waals surface area contributed by atoms with Crippen LogP contribution in [0.15, 0.2) is 43.0 Å². The molecule has 0 N–H and O–H groups in total. The Hall–Kier alpha value is -2.80. The van der Waals surface area contributed by atoms with Crippen LogP contribution in [0.1, 0.15) is 36.5 Å². The number of fused-ring (bicyclic) bond motifs is 1. The lowest BCUT2D eigenvalue weighted by atomic mass is 10.0. The molecule has 4 rings (SSSR count). The lowest BCUT2D eigenvalue weighted by Crippen LogP contribution is -2.43. The minimum Gasteiger partial charge on any atom is -0.376 e. The fourth-order valence-corrected chi connectivity index (χ4v) is 3.41. The van der Waals surface area contributed by atoms with E-state index in [1.54, 1.807) is 16.9 Å². The van der Waals surface area contributed by atoms with Gasteiger partial charge in [-0.3, -0.25) is 9.20 Å². The zero-order valence-electron chi connectivity index (χ0n) is 15.4. The molecule has 27 heavy (non-hydrogen) atoms. The first-order valence-electron chi connectivity index (χ1n) is 9.41. The first kappa shape index (κ1) is 17.6. The summed E-state index contributed by atoms with van der Waals surface area (Å²) in [6, 6.07) is 7.67. The molecule has 7 heteroatoms. The molecule has 1 amide bonds. The van der Waals surface area contributed by atoms with Gasteiger partial charge >= 0.3 is 0 Å². The number of aromatic nitrogens is 4. The van der Waals surface area contributed by atoms with Crippen molar-refractivity contribution < 1.29 is 9.53 Å². The number of ether oxygens (including phenoxy) is 1. The van der Waals surface area contributed by atoms with E-state index in [0.717, 1.165) is 43.5 Å². The van der Waals surface area contributed by atoms with E-state index in [1.165, 1.54) is 0 Å². The van der Waals surface area contributed by atoms with E-state index in [2.05, 4.69) is 22.1 Å². The molecule has 1 saturated heterocycles. The van der Waals surface area contributed by atoms with Gasteiger partial charge in [-0.15, -0.1) is 10.2 Å². The zero-order valence-corrected chi connectivity index (χ0v) is 15.4. The summed E-state index contributed by atoms with van der Waals surface area (Å²) in [5.74, 6) is 0.634. The molecule has 3 aromatic rings. The molecule has 1 aliphatic heterocycles. The normalized spacial score (nSPS) is 17.4. The van der Waals surface area contributed by atoms with Gasteiger partial charge in [0.1, 0.15) is 6.33 Å². The molecule has 1 aliphatic rings. The van der Waals surface area contributed by atoms with Crippen molar-refractivity contribution in [3.8, 4) is 11.1 Å². The maximum Gasteiger partial charge on any atom is 0.254 e. The zero-order chi connectivity index (χ0) is 18.6. The fraction of sp³-hybridized carbons (Fsp3) is 0.400. The van der Waals surface area contributed by atoms with Crippen molar-refractivity contribution in [1.82, 2.24) is 24.5 Å². The lowest BCUT2D eigenvalue weighted by Gasteiger charge is -2.32. The Labute approximate surface area is 158 Å². The number of rotatable bonds is 5. The van der Waals surface area contributed by atoms with Crippen LogP contribution in [0.3, 0.4) is 0 Å². The van der Waals surface area contributed by atoms with E-state index < -0.39 is 0 Å². The maximum absolute atomic E-state index is 12.8. The topological polar surface area (TPSA) is 72.6 Å². The SMILES string of the molecule is CCCOC1CCCN(C(=O)c2ccc(-c3cnc4nncn4c3)cc2)C1. The Morgan fingerprint density at radius 2 is 2.11 bits per heavy atom. The third kappa shape index (κ3) is 3.83. The van der Waals surface area contributed by atoms with Crippen LogP contribution in [0.25, 0.3) is 16.9 Å². The van der Waals surface area contributed by atoms with Crippen molar-refractivity contribution in [3.05, 3.63) is 48.5 Å². The Balaban J connectivity index is 1.47. The second kappa shape index (κ2) is 7.84. The molecule has 1 aromatic carbocycles. The average Bonchev–Trinajstić information content (AvgIpc) is 3.20. The molecular weight excluding hydrogens is 342 g/mol. The van der Waals surface area contributed by atoms with Crippen molar-refractivity contribution in [2.24, 2.45) is 0 Å². The molecule has 2 aromatic heterocycles. The van der Waals surface area contributed by atoms with Gasteiger partial charge in [0.15, 0.2) is 0 Å². The molecular formula is C20H23N5O2. The number of likely N-dealkylation sites (tertiary alicyclic amines) is 1. The fourth-order valence-electron chi connectivity index (χ4n) is 3.41. The third-order valence-corrected chi connectivity index (χ3v) is 4.84. The quantitative estimate of drug-likeness (QED) is 0.695. The molecule has 7 nitrogen and oxygen atoms in total. The minimum atomic E-state index is 0.0683. The molecule has 0 radical (unpaired) electrons. The highest BCUT2D eigenvalue weighted by molar-refractivity contribution is 5.94. The van der Waals surface area contributed by atoms with Gasteiger partial charge in [0, 0.05) is 43.2 Å². The number of piperidine rings is 1. The molecule has 140 valence electrons. The van der Waals surface area contributed by atoms with Gasteiger partial charge in [-0.2, -0.15) is 0 Å². The van der Waals surface area contributed by atoms with Crippen molar-refractivity contribution in [2.45, 2.75) is 32.3 Å². The number of amides is 1. The van der Waals surface area contributed by atoms with Crippen molar-refractivity contribution in [1.29, 1.82) is 0 Å². The average molecular weight is 365 g/mol. The first-order chi connectivity index (χ1) is 13.2. The van der Waals surface area contributed by atoms with E-state index in [1.807, 2.05) is 35.4 Å². The maximum atomic E-state index is 12.8. The molecule has 1 atom stereocenters. The van der Waals surface area contributed by atoms with Crippen LogP contribution in [0.2, 0.25) is 0 Å². The number of carbonyl (C=O) groups excluding carboxylic acids is 1. The van der Waals surface area contributed by atoms with Gasteiger partial charge in [-0.05, 0) is 37.0 Å². The standard InChI is InChI=1S/C20H23N5O2/c1-2-10-27-18-4-3-9-24(13-18)19(26)16-7-5-15(6-8-16)17-11-21-20-23-22-14-25(20)12-17/h5-8,11-12,14,18H,2-4,9-10,13H2,1H3. The number of carbonyl (C=O) groups is 1. The van der Waals surface area contributed by atoms with Crippen molar-refractivity contribution in [3.63, 3.8) is 0 Å². The first-order valence-corrected chi connectivity index (χ1v) is 9.41. The highest BCUT2D eigenvalue weighted by Crippen LogP contribution is 2.21. The van der Waals surface area contributed by atoms with Gasteiger partial charge in [0.05, 0.1) is 6.10 Å². The van der Waals surface area contributed by atoms with E-state index in [4.69, 9.17) is 4.74 Å². The summed E-state index contributed by atoms with van der Waals surface area (Å²) in [5.41, 5.74) is 2.65. The van der Waals surface area contributed by atoms with Gasteiger partial charge < -0.3 is 9.64 Å². The number of benzene rings is 1. The number of nitrogens with zero attached hydrogens (tertiary/aromatic N) is 5. The smallest absolute Gasteiger partial charge is 0.254 e. The largest absolute Gasteiger partial charge is 0.376 e. The van der Waals surface area contributed by atoms with Gasteiger partial charge in [-0.25, -0.2) is 4.98 Å². The van der Waals surface area contributed by atoms with Gasteiger partial charge in [-0.1, -0.05) is 19.1 Å². The number of hydrogen-bond acceptors (Lipinski definition) is 5. The summed E-state index contributed by atoms with van der Waals surface area (Å²) in [4.78, 5) is 19.0. The Kier molecular flexibility index (Phi) is 5.11. The summed E-state index contributed by atoms with van der Waals surface area (Å²) >= 11 is 0. The van der Waals surface area contributed by atoms with Crippen LogP contribution in [-0.4, -0.2) is 56.2 Å². The summed E-state index contributed by atoms with van der Waals surface area (Å²) in [6.07, 6.45) is 8.49. The van der Waals surface area contributed by atoms with Crippen LogP contribution in [0.5, 0.6) is 0 Å². The highest BCUT2D eigenvalue weighted by atomic mass is 16.5. The minimum absolute atomic E-state index is 0.0683. The van der Waals surface area contributed by atoms with E-state index in [0.29, 0.717) is 17.9 Å². The second-order valence-corrected chi connectivity index (χ2v) is 6.84. The molecule has 0 spiro atoms. The van der Waals surface area contributed by atoms with Crippen LogP contribution in [0, 0.1) is 0 Å². The van der Waals surface area contributed by atoms with Crippen molar-refractivity contribution >= 4 is 11.7 Å². The van der Waals surface area contributed by atoms with E-state index in [-0.39, 0.29) is 12.0 Å². The molecule has 1 unspecified atom stereocenters. The lowest BCUT2D eigenvalue weighted by molar-refractivity contribution is 0.00211. The van der Waals surface area contributed by atoms with Crippen LogP contribution in [-0.2, 0) is 4.74 Å². The van der Waals surface area contributed by atoms with E-state index >= 15 is 0 Å². The third-order valence-electron chi connectivity index (χ3n) is 4.84. The van der Waals surface area contributed by atoms with Crippen LogP contribution >= 0.6 is 0 Å². The molecule has 0 aliphatic carbocycles. The summed E-state index contributed by atoms with van der Waals surface area (Å²) in [6.45, 7) is 4.33.